The molecular weight excluding hydrogens is 376 g/mol. The number of hydrogen-bond acceptors (Lipinski definition) is 3. The van der Waals surface area contributed by atoms with E-state index in [0.29, 0.717) is 17.7 Å². The minimum atomic E-state index is -0.373. The first kappa shape index (κ1) is 19.4. The molecule has 0 fully saturated rings. The van der Waals surface area contributed by atoms with Crippen molar-refractivity contribution in [3.63, 3.8) is 0 Å². The molecular formula is C24H22N4O2. The van der Waals surface area contributed by atoms with E-state index in [1.807, 2.05) is 74.5 Å². The Hall–Kier alpha value is -3.93. The van der Waals surface area contributed by atoms with Crippen molar-refractivity contribution < 1.29 is 9.59 Å². The van der Waals surface area contributed by atoms with Gasteiger partial charge in [0.2, 0.25) is 5.82 Å². The summed E-state index contributed by atoms with van der Waals surface area (Å²) in [6.45, 7) is 4.38. The number of nitrogens with zero attached hydrogens (tertiary/aromatic N) is 3. The number of aromatic nitrogens is 2. The lowest BCUT2D eigenvalue weighted by Crippen LogP contribution is -2.31. The van der Waals surface area contributed by atoms with E-state index in [9.17, 15) is 9.59 Å². The highest BCUT2D eigenvalue weighted by atomic mass is 16.2. The Labute approximate surface area is 174 Å². The molecule has 2 aromatic heterocycles. The molecule has 2 amide bonds. The predicted molar refractivity (Wildman–Crippen MR) is 118 cm³/mol. The number of para-hydroxylation sites is 1. The molecule has 0 bridgehead atoms. The van der Waals surface area contributed by atoms with Gasteiger partial charge in [-0.2, -0.15) is 0 Å². The molecule has 0 saturated carbocycles. The predicted octanol–water partition coefficient (Wildman–Crippen LogP) is 4.56. The Morgan fingerprint density at radius 1 is 0.967 bits per heavy atom. The molecule has 6 heteroatoms. The molecule has 150 valence electrons. The van der Waals surface area contributed by atoms with Crippen LogP contribution in [0.5, 0.6) is 0 Å². The third kappa shape index (κ3) is 3.67. The van der Waals surface area contributed by atoms with Gasteiger partial charge < -0.3 is 10.2 Å². The van der Waals surface area contributed by atoms with E-state index in [-0.39, 0.29) is 23.3 Å². The second kappa shape index (κ2) is 8.21. The van der Waals surface area contributed by atoms with Crippen molar-refractivity contribution in [2.45, 2.75) is 13.8 Å². The fourth-order valence-electron chi connectivity index (χ4n) is 3.36. The smallest absolute Gasteiger partial charge is 0.292 e. The third-order valence-corrected chi connectivity index (χ3v) is 4.89. The largest absolute Gasteiger partial charge is 0.319 e. The maximum atomic E-state index is 13.3. The second-order valence-electron chi connectivity index (χ2n) is 6.95. The van der Waals surface area contributed by atoms with Crippen molar-refractivity contribution in [3.05, 3.63) is 96.1 Å². The van der Waals surface area contributed by atoms with Crippen LogP contribution in [0.2, 0.25) is 0 Å². The number of carbonyl (C=O) groups is 2. The summed E-state index contributed by atoms with van der Waals surface area (Å²) in [6.07, 6.45) is 1.74. The first-order valence-corrected chi connectivity index (χ1v) is 9.80. The summed E-state index contributed by atoms with van der Waals surface area (Å²) in [5.41, 5.74) is 3.40. The number of pyridine rings is 1. The lowest BCUT2D eigenvalue weighted by atomic mass is 10.2. The van der Waals surface area contributed by atoms with Crippen molar-refractivity contribution in [2.24, 2.45) is 0 Å². The number of anilines is 2. The third-order valence-electron chi connectivity index (χ3n) is 4.89. The molecule has 0 radical (unpaired) electrons. The zero-order valence-corrected chi connectivity index (χ0v) is 16.9. The highest BCUT2D eigenvalue weighted by molar-refractivity contribution is 6.11. The monoisotopic (exact) mass is 398 g/mol. The summed E-state index contributed by atoms with van der Waals surface area (Å²) in [4.78, 5) is 32.4. The lowest BCUT2D eigenvalue weighted by Gasteiger charge is -2.20. The van der Waals surface area contributed by atoms with Gasteiger partial charge in [-0.3, -0.25) is 14.0 Å². The van der Waals surface area contributed by atoms with Crippen LogP contribution in [-0.2, 0) is 0 Å². The van der Waals surface area contributed by atoms with Gasteiger partial charge in [-0.05, 0) is 50.2 Å². The Morgan fingerprint density at radius 3 is 2.37 bits per heavy atom. The topological polar surface area (TPSA) is 66.7 Å². The van der Waals surface area contributed by atoms with Crippen LogP contribution in [0.25, 0.3) is 5.52 Å². The van der Waals surface area contributed by atoms with Crippen molar-refractivity contribution in [1.29, 1.82) is 0 Å². The van der Waals surface area contributed by atoms with Gasteiger partial charge in [0.25, 0.3) is 11.8 Å². The zero-order chi connectivity index (χ0) is 21.1. The number of benzene rings is 2. The number of aryl methyl sites for hydroxylation is 1. The zero-order valence-electron chi connectivity index (χ0n) is 16.9. The number of carbonyl (C=O) groups excluding carboxylic acids is 2. The highest BCUT2D eigenvalue weighted by Crippen LogP contribution is 2.21. The minimum Gasteiger partial charge on any atom is -0.319 e. The molecule has 2 heterocycles. The molecule has 0 saturated heterocycles. The van der Waals surface area contributed by atoms with E-state index in [4.69, 9.17) is 0 Å². The minimum absolute atomic E-state index is 0.165. The van der Waals surface area contributed by atoms with Crippen LogP contribution in [0.15, 0.2) is 79.0 Å². The molecule has 2 aromatic carbocycles. The molecule has 30 heavy (non-hydrogen) atoms. The summed E-state index contributed by atoms with van der Waals surface area (Å²) in [5, 5.41) is 2.86. The molecule has 0 unspecified atom stereocenters. The van der Waals surface area contributed by atoms with Gasteiger partial charge in [-0.25, -0.2) is 4.98 Å². The molecule has 4 rings (SSSR count). The molecule has 0 aliphatic rings. The summed E-state index contributed by atoms with van der Waals surface area (Å²) < 4.78 is 1.65. The van der Waals surface area contributed by atoms with Crippen LogP contribution in [0.4, 0.5) is 11.4 Å². The fourth-order valence-corrected chi connectivity index (χ4v) is 3.36. The molecule has 6 nitrogen and oxygen atoms in total. The molecule has 0 atom stereocenters. The van der Waals surface area contributed by atoms with Crippen molar-refractivity contribution >= 4 is 28.7 Å². The van der Waals surface area contributed by atoms with Gasteiger partial charge in [0.05, 0.1) is 5.52 Å². The first-order chi connectivity index (χ1) is 14.6. The number of hydrogen-bond donors (Lipinski definition) is 1. The van der Waals surface area contributed by atoms with Crippen molar-refractivity contribution in [1.82, 2.24) is 9.38 Å². The van der Waals surface area contributed by atoms with E-state index in [2.05, 4.69) is 10.3 Å². The van der Waals surface area contributed by atoms with Gasteiger partial charge in [0.15, 0.2) is 5.69 Å². The molecule has 0 aliphatic heterocycles. The first-order valence-electron chi connectivity index (χ1n) is 9.80. The number of amides is 2. The van der Waals surface area contributed by atoms with Crippen LogP contribution in [0, 0.1) is 6.92 Å². The molecule has 4 aromatic rings. The maximum Gasteiger partial charge on any atom is 0.292 e. The van der Waals surface area contributed by atoms with Crippen LogP contribution >= 0.6 is 0 Å². The number of rotatable bonds is 5. The van der Waals surface area contributed by atoms with Gasteiger partial charge in [0, 0.05) is 24.1 Å². The lowest BCUT2D eigenvalue weighted by molar-refractivity contribution is 0.0985. The van der Waals surface area contributed by atoms with E-state index in [0.717, 1.165) is 11.3 Å². The number of fused-ring (bicyclic) bond motifs is 1. The molecule has 1 N–H and O–H groups in total. The standard InChI is InChI=1S/C24H22N4O2/c1-3-27(19-9-5-4-6-10-19)24(30)21-20-11-7-8-16-28(20)22(26-21)23(29)25-18-14-12-17(2)13-15-18/h4-16H,3H2,1-2H3,(H,25,29). The van der Waals surface area contributed by atoms with E-state index in [1.165, 1.54) is 0 Å². The van der Waals surface area contributed by atoms with Gasteiger partial charge >= 0.3 is 0 Å². The van der Waals surface area contributed by atoms with Gasteiger partial charge in [-0.1, -0.05) is 42.0 Å². The van der Waals surface area contributed by atoms with Crippen molar-refractivity contribution in [3.8, 4) is 0 Å². The van der Waals surface area contributed by atoms with Crippen LogP contribution in [0.3, 0.4) is 0 Å². The fraction of sp³-hybridized carbons (Fsp3) is 0.125. The van der Waals surface area contributed by atoms with Crippen molar-refractivity contribution in [2.75, 3.05) is 16.8 Å². The summed E-state index contributed by atoms with van der Waals surface area (Å²) in [7, 11) is 0. The van der Waals surface area contributed by atoms with E-state index >= 15 is 0 Å². The summed E-state index contributed by atoms with van der Waals surface area (Å²) in [6, 6.07) is 22.4. The van der Waals surface area contributed by atoms with Crippen LogP contribution in [-0.4, -0.2) is 27.7 Å². The highest BCUT2D eigenvalue weighted by Gasteiger charge is 2.25. The second-order valence-corrected chi connectivity index (χ2v) is 6.95. The van der Waals surface area contributed by atoms with Gasteiger partial charge in [-0.15, -0.1) is 0 Å². The number of nitrogens with one attached hydrogen (secondary N) is 1. The molecule has 0 spiro atoms. The van der Waals surface area contributed by atoms with E-state index in [1.54, 1.807) is 27.6 Å². The average molecular weight is 398 g/mol. The quantitative estimate of drug-likeness (QED) is 0.536. The number of imidazole rings is 1. The normalized spacial score (nSPS) is 10.7. The van der Waals surface area contributed by atoms with Crippen LogP contribution < -0.4 is 10.2 Å². The maximum absolute atomic E-state index is 13.3. The average Bonchev–Trinajstić information content (AvgIpc) is 3.16. The summed E-state index contributed by atoms with van der Waals surface area (Å²) >= 11 is 0. The molecule has 0 aliphatic carbocycles. The van der Waals surface area contributed by atoms with Gasteiger partial charge in [0.1, 0.15) is 0 Å². The van der Waals surface area contributed by atoms with E-state index < -0.39 is 0 Å². The Balaban J connectivity index is 1.72. The SMILES string of the molecule is CCN(C(=O)c1nc(C(=O)Nc2ccc(C)cc2)n2ccccc12)c1ccccc1. The Morgan fingerprint density at radius 2 is 1.67 bits per heavy atom. The Kier molecular flexibility index (Phi) is 5.30. The van der Waals surface area contributed by atoms with Crippen LogP contribution in [0.1, 0.15) is 33.6 Å². The Bertz CT molecular complexity index is 1200. The summed E-state index contributed by atoms with van der Waals surface area (Å²) in [5.74, 6) is -0.456.